The molecule has 0 spiro atoms. The molecule has 0 saturated carbocycles. The molecule has 3 rings (SSSR count). The third-order valence-electron chi connectivity index (χ3n) is 3.96. The lowest BCUT2D eigenvalue weighted by molar-refractivity contribution is -0.255. The number of aromatic carboxylic acids is 1. The summed E-state index contributed by atoms with van der Waals surface area (Å²) in [5.41, 5.74) is 0.365. The Kier molecular flexibility index (Phi) is 3.41. The van der Waals surface area contributed by atoms with Gasteiger partial charge in [-0.15, -0.1) is 0 Å². The van der Waals surface area contributed by atoms with E-state index in [4.69, 9.17) is 11.6 Å². The lowest BCUT2D eigenvalue weighted by Crippen LogP contribution is -2.40. The second-order valence-electron chi connectivity index (χ2n) is 5.21. The molecular weight excluding hydrogens is 308 g/mol. The van der Waals surface area contributed by atoms with E-state index in [9.17, 15) is 19.5 Å². The minimum atomic E-state index is -1.46. The minimum Gasteiger partial charge on any atom is -0.545 e. The second-order valence-corrected chi connectivity index (χ2v) is 5.62. The molecule has 0 fully saturated rings. The first kappa shape index (κ1) is 14.6. The van der Waals surface area contributed by atoms with Gasteiger partial charge in [-0.3, -0.25) is 4.79 Å². The van der Waals surface area contributed by atoms with Crippen molar-refractivity contribution in [3.8, 4) is 5.69 Å². The van der Waals surface area contributed by atoms with Crippen LogP contribution in [0.5, 0.6) is 0 Å². The van der Waals surface area contributed by atoms with Gasteiger partial charge < -0.3 is 14.5 Å². The Morgan fingerprint density at radius 1 is 1.27 bits per heavy atom. The number of hydrogen-bond acceptors (Lipinski definition) is 4. The fourth-order valence-electron chi connectivity index (χ4n) is 2.85. The van der Waals surface area contributed by atoms with Crippen LogP contribution in [-0.4, -0.2) is 15.1 Å². The summed E-state index contributed by atoms with van der Waals surface area (Å²) in [6, 6.07) is 3.96. The quantitative estimate of drug-likeness (QED) is 0.782. The van der Waals surface area contributed by atoms with Crippen molar-refractivity contribution in [2.75, 3.05) is 0 Å². The van der Waals surface area contributed by atoms with Gasteiger partial charge in [0.15, 0.2) is 0 Å². The average molecular weight is 320 g/mol. The highest BCUT2D eigenvalue weighted by atomic mass is 35.5. The largest absolute Gasteiger partial charge is 0.545 e. The van der Waals surface area contributed by atoms with Gasteiger partial charge in [0.1, 0.15) is 0 Å². The monoisotopic (exact) mass is 319 g/mol. The van der Waals surface area contributed by atoms with E-state index in [1.165, 1.54) is 22.8 Å². The molecule has 6 nitrogen and oxygen atoms in total. The third kappa shape index (κ3) is 2.07. The first-order chi connectivity index (χ1) is 10.4. The molecule has 1 aliphatic carbocycles. The van der Waals surface area contributed by atoms with Gasteiger partial charge in [-0.1, -0.05) is 11.6 Å². The molecule has 114 valence electrons. The number of aromatic nitrogens is 2. The maximum Gasteiger partial charge on any atom is 0.335 e. The van der Waals surface area contributed by atoms with Crippen LogP contribution >= 0.6 is 11.6 Å². The number of carbonyl (C=O) groups excluding carboxylic acids is 1. The molecule has 0 amide bonds. The molecule has 1 aromatic carbocycles. The zero-order valence-electron chi connectivity index (χ0n) is 11.8. The number of halogens is 1. The van der Waals surface area contributed by atoms with Crippen LogP contribution in [0, 0.1) is 0 Å². The van der Waals surface area contributed by atoms with Crippen LogP contribution < -0.4 is 16.4 Å². The number of benzene rings is 1. The number of rotatable bonds is 2. The molecule has 1 heterocycles. The summed E-state index contributed by atoms with van der Waals surface area (Å²) in [4.78, 5) is 36.1. The van der Waals surface area contributed by atoms with E-state index in [1.807, 2.05) is 0 Å². The lowest BCUT2D eigenvalue weighted by Gasteiger charge is -2.13. The maximum absolute atomic E-state index is 12.6. The van der Waals surface area contributed by atoms with Gasteiger partial charge in [0.2, 0.25) is 0 Å². The van der Waals surface area contributed by atoms with Crippen LogP contribution in [0.3, 0.4) is 0 Å². The summed E-state index contributed by atoms with van der Waals surface area (Å²) in [7, 11) is 1.61. The molecule has 0 aliphatic heterocycles. The highest BCUT2D eigenvalue weighted by molar-refractivity contribution is 6.33. The van der Waals surface area contributed by atoms with Crippen LogP contribution in [0.2, 0.25) is 5.02 Å². The van der Waals surface area contributed by atoms with Crippen molar-refractivity contribution in [1.82, 2.24) is 9.13 Å². The fourth-order valence-corrected chi connectivity index (χ4v) is 3.05. The summed E-state index contributed by atoms with van der Waals surface area (Å²) in [5.74, 6) is -1.46. The van der Waals surface area contributed by atoms with Gasteiger partial charge in [0.05, 0.1) is 11.7 Å². The van der Waals surface area contributed by atoms with Crippen LogP contribution in [0.15, 0.2) is 27.8 Å². The van der Waals surface area contributed by atoms with Gasteiger partial charge in [-0.2, -0.15) is 0 Å². The Labute approximate surface area is 130 Å². The summed E-state index contributed by atoms with van der Waals surface area (Å²) >= 11 is 5.79. The van der Waals surface area contributed by atoms with E-state index in [0.29, 0.717) is 18.4 Å². The van der Waals surface area contributed by atoms with Crippen LogP contribution in [0.1, 0.15) is 28.0 Å². The molecule has 0 unspecified atom stereocenters. The Morgan fingerprint density at radius 3 is 2.68 bits per heavy atom. The van der Waals surface area contributed by atoms with E-state index < -0.39 is 17.2 Å². The Balaban J connectivity index is 2.33. The van der Waals surface area contributed by atoms with Crippen molar-refractivity contribution in [3.63, 3.8) is 0 Å². The highest BCUT2D eigenvalue weighted by Gasteiger charge is 2.22. The third-order valence-corrected chi connectivity index (χ3v) is 4.29. The number of nitrogens with zero attached hydrogens (tertiary/aromatic N) is 2. The predicted molar refractivity (Wildman–Crippen MR) is 78.6 cm³/mol. The van der Waals surface area contributed by atoms with Crippen molar-refractivity contribution < 1.29 is 9.90 Å². The van der Waals surface area contributed by atoms with Gasteiger partial charge in [0, 0.05) is 28.9 Å². The fraction of sp³-hybridized carbons (Fsp3) is 0.267. The molecule has 7 heteroatoms. The summed E-state index contributed by atoms with van der Waals surface area (Å²) in [6.45, 7) is 0. The summed E-state index contributed by atoms with van der Waals surface area (Å²) < 4.78 is 2.42. The summed E-state index contributed by atoms with van der Waals surface area (Å²) in [6.07, 6.45) is 2.14. The zero-order valence-corrected chi connectivity index (χ0v) is 12.5. The molecule has 2 aromatic rings. The molecule has 0 N–H and O–H groups in total. The molecular formula is C15H12ClN2O4-. The van der Waals surface area contributed by atoms with Crippen molar-refractivity contribution in [2.45, 2.75) is 19.3 Å². The van der Waals surface area contributed by atoms with E-state index in [1.54, 1.807) is 7.05 Å². The second kappa shape index (κ2) is 5.14. The first-order valence-corrected chi connectivity index (χ1v) is 7.14. The van der Waals surface area contributed by atoms with Crippen LogP contribution in [0.25, 0.3) is 5.69 Å². The van der Waals surface area contributed by atoms with Gasteiger partial charge in [-0.05, 0) is 37.5 Å². The number of carboxylic acids is 1. The SMILES string of the molecule is Cn1c2c(c(=O)n(-c3ccc(Cl)c(C(=O)[O-])c3)c1=O)CCC2. The van der Waals surface area contributed by atoms with Crippen LogP contribution in [-0.2, 0) is 19.9 Å². The van der Waals surface area contributed by atoms with Crippen molar-refractivity contribution in [1.29, 1.82) is 0 Å². The van der Waals surface area contributed by atoms with E-state index in [-0.39, 0.29) is 16.3 Å². The molecule has 0 atom stereocenters. The summed E-state index contributed by atoms with van der Waals surface area (Å²) in [5, 5.41) is 11.1. The minimum absolute atomic E-state index is 0.00483. The lowest BCUT2D eigenvalue weighted by atomic mass is 10.2. The van der Waals surface area contributed by atoms with Crippen molar-refractivity contribution in [3.05, 3.63) is 60.9 Å². The average Bonchev–Trinajstić information content (AvgIpc) is 2.96. The Hall–Kier alpha value is -2.34. The number of hydrogen-bond donors (Lipinski definition) is 0. The van der Waals surface area contributed by atoms with Crippen LogP contribution in [0.4, 0.5) is 0 Å². The number of carboxylic acid groups (broad SMARTS) is 1. The zero-order chi connectivity index (χ0) is 16.0. The van der Waals surface area contributed by atoms with Gasteiger partial charge >= 0.3 is 5.69 Å². The van der Waals surface area contributed by atoms with Crippen molar-refractivity contribution >= 4 is 17.6 Å². The normalized spacial score (nSPS) is 13.2. The van der Waals surface area contributed by atoms with E-state index in [2.05, 4.69) is 0 Å². The molecule has 1 aromatic heterocycles. The molecule has 1 aliphatic rings. The van der Waals surface area contributed by atoms with Crippen molar-refractivity contribution in [2.24, 2.45) is 7.05 Å². The molecule has 0 saturated heterocycles. The van der Waals surface area contributed by atoms with E-state index in [0.717, 1.165) is 16.7 Å². The van der Waals surface area contributed by atoms with Gasteiger partial charge in [0.25, 0.3) is 5.56 Å². The van der Waals surface area contributed by atoms with E-state index >= 15 is 0 Å². The predicted octanol–water partition coefficient (Wildman–Crippen LogP) is 0.0418. The molecule has 0 bridgehead atoms. The topological polar surface area (TPSA) is 84.1 Å². The maximum atomic E-state index is 12.6. The smallest absolute Gasteiger partial charge is 0.335 e. The standard InChI is InChI=1S/C15H13ClN2O4/c1-17-12-4-2-3-9(12)13(19)18(15(17)22)8-5-6-11(16)10(7-8)14(20)21/h5-7H,2-4H2,1H3,(H,20,21)/p-1. The molecule has 0 radical (unpaired) electrons. The Bertz CT molecular complexity index is 911. The number of carbonyl (C=O) groups is 1. The number of fused-ring (bicyclic) bond motifs is 1. The highest BCUT2D eigenvalue weighted by Crippen LogP contribution is 2.20. The molecule has 22 heavy (non-hydrogen) atoms. The Morgan fingerprint density at radius 2 is 2.00 bits per heavy atom. The first-order valence-electron chi connectivity index (χ1n) is 6.77. The van der Waals surface area contributed by atoms with Gasteiger partial charge in [-0.25, -0.2) is 9.36 Å².